The predicted molar refractivity (Wildman–Crippen MR) is 98.1 cm³/mol. The number of amides is 2. The van der Waals surface area contributed by atoms with Crippen molar-refractivity contribution in [2.45, 2.75) is 33.2 Å². The van der Waals surface area contributed by atoms with Crippen molar-refractivity contribution in [3.05, 3.63) is 47.9 Å². The summed E-state index contributed by atoms with van der Waals surface area (Å²) in [5, 5.41) is 6.76. The smallest absolute Gasteiger partial charge is 0.277 e. The van der Waals surface area contributed by atoms with Crippen LogP contribution in [0.1, 0.15) is 46.4 Å². The van der Waals surface area contributed by atoms with Crippen molar-refractivity contribution >= 4 is 17.5 Å². The number of carbonyl (C=O) groups is 2. The number of anilines is 1. The zero-order valence-corrected chi connectivity index (χ0v) is 15.1. The van der Waals surface area contributed by atoms with Crippen LogP contribution in [0.15, 0.2) is 35.2 Å². The molecule has 3 N–H and O–H groups in total. The van der Waals surface area contributed by atoms with Gasteiger partial charge in [-0.3, -0.25) is 19.3 Å². The van der Waals surface area contributed by atoms with Crippen molar-refractivity contribution in [2.24, 2.45) is 5.73 Å². The molecule has 140 valence electrons. The first kappa shape index (κ1) is 18.3. The summed E-state index contributed by atoms with van der Waals surface area (Å²) in [6.45, 7) is 4.53. The third-order valence-corrected chi connectivity index (χ3v) is 3.86. The molecule has 2 amide bonds. The van der Waals surface area contributed by atoms with Crippen LogP contribution in [0.5, 0.6) is 0 Å². The summed E-state index contributed by atoms with van der Waals surface area (Å²) < 4.78 is 6.98. The summed E-state index contributed by atoms with van der Waals surface area (Å²) in [7, 11) is 0. The first-order valence-corrected chi connectivity index (χ1v) is 8.55. The van der Waals surface area contributed by atoms with Crippen LogP contribution >= 0.6 is 0 Å². The lowest BCUT2D eigenvalue weighted by Gasteiger charge is -2.00. The number of unbranched alkanes of at least 4 members (excludes halogenated alkanes) is 1. The van der Waals surface area contributed by atoms with E-state index < -0.39 is 11.8 Å². The molecule has 0 saturated carbocycles. The van der Waals surface area contributed by atoms with E-state index in [1.807, 2.05) is 13.8 Å². The quantitative estimate of drug-likeness (QED) is 0.659. The highest BCUT2D eigenvalue weighted by molar-refractivity contribution is 6.07. The van der Waals surface area contributed by atoms with E-state index in [1.165, 1.54) is 6.26 Å². The fraction of sp³-hybridized carbons (Fsp3) is 0.278. The molecular formula is C18H20N6O3. The van der Waals surface area contributed by atoms with Crippen LogP contribution in [0, 0.1) is 6.92 Å². The SMILES string of the molecule is CCCCn1cc(NC(=O)c2coc(-c3ccnc(C)c3)n2)c(C(N)=O)n1. The number of hydrogen-bond donors (Lipinski definition) is 2. The van der Waals surface area contributed by atoms with E-state index >= 15 is 0 Å². The van der Waals surface area contributed by atoms with Gasteiger partial charge >= 0.3 is 0 Å². The molecule has 0 fully saturated rings. The number of carbonyl (C=O) groups excluding carboxylic acids is 2. The molecule has 3 aromatic heterocycles. The van der Waals surface area contributed by atoms with Crippen molar-refractivity contribution in [3.8, 4) is 11.5 Å². The van der Waals surface area contributed by atoms with E-state index in [4.69, 9.17) is 10.2 Å². The van der Waals surface area contributed by atoms with Gasteiger partial charge in [-0.05, 0) is 25.5 Å². The Morgan fingerprint density at radius 1 is 1.37 bits per heavy atom. The second-order valence-corrected chi connectivity index (χ2v) is 6.05. The highest BCUT2D eigenvalue weighted by Gasteiger charge is 2.19. The normalized spacial score (nSPS) is 10.7. The van der Waals surface area contributed by atoms with Gasteiger partial charge in [0, 0.05) is 30.2 Å². The molecule has 0 aliphatic rings. The zero-order valence-electron chi connectivity index (χ0n) is 15.1. The summed E-state index contributed by atoms with van der Waals surface area (Å²) in [5.41, 5.74) is 7.21. The summed E-state index contributed by atoms with van der Waals surface area (Å²) in [4.78, 5) is 32.4. The van der Waals surface area contributed by atoms with Gasteiger partial charge in [-0.2, -0.15) is 5.10 Å². The number of nitrogens with zero attached hydrogens (tertiary/aromatic N) is 4. The van der Waals surface area contributed by atoms with Crippen LogP contribution in [-0.2, 0) is 6.54 Å². The fourth-order valence-corrected chi connectivity index (χ4v) is 2.51. The number of nitrogens with one attached hydrogen (secondary N) is 1. The number of aryl methyl sites for hydroxylation is 2. The third-order valence-electron chi connectivity index (χ3n) is 3.86. The summed E-state index contributed by atoms with van der Waals surface area (Å²) in [5.74, 6) is -0.929. The second-order valence-electron chi connectivity index (χ2n) is 6.05. The molecule has 3 heterocycles. The Balaban J connectivity index is 1.79. The first-order chi connectivity index (χ1) is 13.0. The average molecular weight is 368 g/mol. The van der Waals surface area contributed by atoms with Crippen LogP contribution in [0.4, 0.5) is 5.69 Å². The monoisotopic (exact) mass is 368 g/mol. The van der Waals surface area contributed by atoms with Crippen LogP contribution in [-0.4, -0.2) is 31.6 Å². The maximum atomic E-state index is 12.5. The van der Waals surface area contributed by atoms with Crippen molar-refractivity contribution < 1.29 is 14.0 Å². The zero-order chi connectivity index (χ0) is 19.4. The lowest BCUT2D eigenvalue weighted by molar-refractivity contribution is 0.0995. The molecule has 9 heteroatoms. The second kappa shape index (κ2) is 7.81. The Labute approximate surface area is 155 Å². The van der Waals surface area contributed by atoms with Crippen molar-refractivity contribution in [1.82, 2.24) is 19.7 Å². The van der Waals surface area contributed by atoms with E-state index in [1.54, 1.807) is 29.2 Å². The van der Waals surface area contributed by atoms with E-state index in [9.17, 15) is 9.59 Å². The lowest BCUT2D eigenvalue weighted by atomic mass is 10.2. The molecule has 3 rings (SSSR count). The maximum absolute atomic E-state index is 12.5. The average Bonchev–Trinajstić information content (AvgIpc) is 3.27. The van der Waals surface area contributed by atoms with E-state index in [-0.39, 0.29) is 17.1 Å². The third kappa shape index (κ3) is 4.20. The number of oxazole rings is 1. The Bertz CT molecular complexity index is 975. The summed E-state index contributed by atoms with van der Waals surface area (Å²) in [6.07, 6.45) is 6.35. The van der Waals surface area contributed by atoms with E-state index in [2.05, 4.69) is 20.4 Å². The van der Waals surface area contributed by atoms with Crippen LogP contribution in [0.25, 0.3) is 11.5 Å². The van der Waals surface area contributed by atoms with Gasteiger partial charge < -0.3 is 15.5 Å². The number of hydrogen-bond acceptors (Lipinski definition) is 6. The van der Waals surface area contributed by atoms with Gasteiger partial charge in [0.2, 0.25) is 5.89 Å². The minimum absolute atomic E-state index is 0.00734. The molecule has 0 aliphatic heterocycles. The van der Waals surface area contributed by atoms with Gasteiger partial charge in [0.1, 0.15) is 6.26 Å². The first-order valence-electron chi connectivity index (χ1n) is 8.55. The van der Waals surface area contributed by atoms with Gasteiger partial charge in [-0.1, -0.05) is 13.3 Å². The summed E-state index contributed by atoms with van der Waals surface area (Å²) in [6, 6.07) is 3.54. The Hall–Kier alpha value is -3.49. The van der Waals surface area contributed by atoms with Gasteiger partial charge in [0.05, 0.1) is 5.69 Å². The molecule has 27 heavy (non-hydrogen) atoms. The largest absolute Gasteiger partial charge is 0.444 e. The Kier molecular flexibility index (Phi) is 5.30. The number of pyridine rings is 1. The number of aromatic nitrogens is 4. The molecule has 3 aromatic rings. The molecule has 9 nitrogen and oxygen atoms in total. The Morgan fingerprint density at radius 3 is 2.89 bits per heavy atom. The standard InChI is InChI=1S/C18H20N6O3/c1-3-4-7-24-9-13(15(23-24)16(19)25)21-17(26)14-10-27-18(22-14)12-5-6-20-11(2)8-12/h5-6,8-10H,3-4,7H2,1-2H3,(H2,19,25)(H,21,26). The number of rotatable bonds is 7. The fourth-order valence-electron chi connectivity index (χ4n) is 2.51. The van der Waals surface area contributed by atoms with Gasteiger partial charge in [-0.15, -0.1) is 0 Å². The number of nitrogens with two attached hydrogens (primary N) is 1. The van der Waals surface area contributed by atoms with Gasteiger partial charge in [-0.25, -0.2) is 4.98 Å². The lowest BCUT2D eigenvalue weighted by Crippen LogP contribution is -2.18. The van der Waals surface area contributed by atoms with Crippen LogP contribution in [0.2, 0.25) is 0 Å². The van der Waals surface area contributed by atoms with Crippen molar-refractivity contribution in [3.63, 3.8) is 0 Å². The minimum Gasteiger partial charge on any atom is -0.444 e. The van der Waals surface area contributed by atoms with Gasteiger partial charge in [0.25, 0.3) is 11.8 Å². The van der Waals surface area contributed by atoms with Gasteiger partial charge in [0.15, 0.2) is 11.4 Å². The molecule has 0 unspecified atom stereocenters. The maximum Gasteiger partial charge on any atom is 0.277 e. The molecule has 0 saturated heterocycles. The van der Waals surface area contributed by atoms with Crippen molar-refractivity contribution in [2.75, 3.05) is 5.32 Å². The molecule has 0 spiro atoms. The predicted octanol–water partition coefficient (Wildman–Crippen LogP) is 2.39. The molecule has 0 radical (unpaired) electrons. The van der Waals surface area contributed by atoms with Crippen LogP contribution in [0.3, 0.4) is 0 Å². The highest BCUT2D eigenvalue weighted by atomic mass is 16.3. The Morgan fingerprint density at radius 2 is 2.19 bits per heavy atom. The molecule has 0 bridgehead atoms. The molecular weight excluding hydrogens is 348 g/mol. The minimum atomic E-state index is -0.714. The highest BCUT2D eigenvalue weighted by Crippen LogP contribution is 2.20. The van der Waals surface area contributed by atoms with E-state index in [0.29, 0.717) is 18.0 Å². The van der Waals surface area contributed by atoms with E-state index in [0.717, 1.165) is 18.5 Å². The van der Waals surface area contributed by atoms with Crippen LogP contribution < -0.4 is 11.1 Å². The molecule has 0 aromatic carbocycles. The number of primary amides is 1. The molecule has 0 aliphatic carbocycles. The topological polar surface area (TPSA) is 129 Å². The molecule has 0 atom stereocenters. The summed E-state index contributed by atoms with van der Waals surface area (Å²) >= 11 is 0. The van der Waals surface area contributed by atoms with Crippen molar-refractivity contribution in [1.29, 1.82) is 0 Å².